The molecule has 2 rings (SSSR count). The van der Waals surface area contributed by atoms with Crippen molar-refractivity contribution in [1.29, 1.82) is 5.26 Å². The monoisotopic (exact) mass is 313 g/mol. The second-order valence-corrected chi connectivity index (χ2v) is 4.67. The van der Waals surface area contributed by atoms with E-state index < -0.39 is 0 Å². The lowest BCUT2D eigenvalue weighted by Gasteiger charge is -2.16. The quantitative estimate of drug-likeness (QED) is 0.557. The lowest BCUT2D eigenvalue weighted by molar-refractivity contribution is 0.137. The van der Waals surface area contributed by atoms with Crippen molar-refractivity contribution in [3.05, 3.63) is 16.2 Å². The van der Waals surface area contributed by atoms with E-state index in [-0.39, 0.29) is 11.9 Å². The van der Waals surface area contributed by atoms with Crippen LogP contribution in [0.2, 0.25) is 0 Å². The molecule has 1 saturated heterocycles. The van der Waals surface area contributed by atoms with E-state index in [4.69, 9.17) is 21.8 Å². The van der Waals surface area contributed by atoms with Gasteiger partial charge in [-0.25, -0.2) is 4.98 Å². The smallest absolute Gasteiger partial charge is 0.139 e. The third-order valence-corrected chi connectivity index (χ3v) is 3.30. The third-order valence-electron chi connectivity index (χ3n) is 2.50. The van der Waals surface area contributed by atoms with Crippen LogP contribution in [-0.2, 0) is 0 Å². The van der Waals surface area contributed by atoms with Crippen LogP contribution in [0.4, 0.5) is 11.5 Å². The number of hydrogen-bond donors (Lipinski definition) is 4. The number of nitrogens with one attached hydrogen (secondary N) is 1. The first-order valence-electron chi connectivity index (χ1n) is 5.54. The highest BCUT2D eigenvalue weighted by Crippen LogP contribution is 2.25. The van der Waals surface area contributed by atoms with E-state index in [1.165, 1.54) is 6.20 Å². The average molecular weight is 314 g/mol. The van der Waals surface area contributed by atoms with Gasteiger partial charge in [0.15, 0.2) is 0 Å². The molecule has 18 heavy (non-hydrogen) atoms. The van der Waals surface area contributed by atoms with E-state index in [2.05, 4.69) is 26.2 Å². The second kappa shape index (κ2) is 7.16. The number of aromatic nitrogens is 1. The van der Waals surface area contributed by atoms with Crippen molar-refractivity contribution in [2.24, 2.45) is 0 Å². The fraction of sp³-hybridized carbons (Fsp3) is 0.455. The Kier molecular flexibility index (Phi) is 5.85. The SMILES string of the molecule is N#Cc1c(N)cnc(N)c1Br.OC1CCNCC1. The summed E-state index contributed by atoms with van der Waals surface area (Å²) in [4.78, 5) is 3.74. The van der Waals surface area contributed by atoms with E-state index in [1.807, 2.05) is 6.07 Å². The molecule has 0 radical (unpaired) electrons. The number of nitrogen functional groups attached to an aromatic ring is 2. The normalized spacial score (nSPS) is 15.4. The molecule has 1 aliphatic rings. The molecule has 1 aromatic heterocycles. The number of hydrogen-bond acceptors (Lipinski definition) is 6. The first-order valence-corrected chi connectivity index (χ1v) is 6.34. The van der Waals surface area contributed by atoms with Crippen LogP contribution >= 0.6 is 15.9 Å². The summed E-state index contributed by atoms with van der Waals surface area (Å²) in [5, 5.41) is 20.6. The zero-order valence-corrected chi connectivity index (χ0v) is 11.4. The minimum absolute atomic E-state index is 0.0266. The predicted molar refractivity (Wildman–Crippen MR) is 73.6 cm³/mol. The lowest BCUT2D eigenvalue weighted by atomic mass is 10.1. The van der Waals surface area contributed by atoms with Crippen LogP contribution in [0.5, 0.6) is 0 Å². The molecule has 7 heteroatoms. The number of piperidine rings is 1. The van der Waals surface area contributed by atoms with Crippen molar-refractivity contribution < 1.29 is 5.11 Å². The fourth-order valence-corrected chi connectivity index (χ4v) is 1.86. The van der Waals surface area contributed by atoms with Gasteiger partial charge in [0, 0.05) is 0 Å². The van der Waals surface area contributed by atoms with Gasteiger partial charge in [0.2, 0.25) is 0 Å². The van der Waals surface area contributed by atoms with Crippen LogP contribution in [-0.4, -0.2) is 29.3 Å². The Morgan fingerprint density at radius 1 is 1.44 bits per heavy atom. The molecule has 0 atom stereocenters. The molecule has 0 unspecified atom stereocenters. The maximum atomic E-state index is 8.87. The lowest BCUT2D eigenvalue weighted by Crippen LogP contribution is -2.30. The first-order chi connectivity index (χ1) is 8.56. The maximum absolute atomic E-state index is 8.87. The number of anilines is 2. The summed E-state index contributed by atoms with van der Waals surface area (Å²) in [6.45, 7) is 1.97. The van der Waals surface area contributed by atoms with Crippen LogP contribution in [0.1, 0.15) is 18.4 Å². The molecular weight excluding hydrogens is 298 g/mol. The number of nitrogens with zero attached hydrogens (tertiary/aromatic N) is 2. The van der Waals surface area contributed by atoms with Crippen molar-refractivity contribution in [2.75, 3.05) is 24.6 Å². The summed E-state index contributed by atoms with van der Waals surface area (Å²) in [5.41, 5.74) is 11.5. The van der Waals surface area contributed by atoms with Crippen LogP contribution < -0.4 is 16.8 Å². The average Bonchev–Trinajstić information content (AvgIpc) is 2.37. The highest BCUT2D eigenvalue weighted by atomic mass is 79.9. The molecule has 0 aliphatic carbocycles. The standard InChI is InChI=1S/C6H5BrN4.C5H11NO/c7-5-3(1-8)4(9)2-11-6(5)10;7-5-1-3-6-4-2-5/h2H,9H2,(H2,10,11);5-7H,1-4H2. The van der Waals surface area contributed by atoms with Crippen molar-refractivity contribution >= 4 is 27.4 Å². The van der Waals surface area contributed by atoms with Gasteiger partial charge in [-0.1, -0.05) is 0 Å². The molecule has 0 spiro atoms. The molecule has 1 aromatic rings. The number of aliphatic hydroxyl groups is 1. The van der Waals surface area contributed by atoms with Crippen molar-refractivity contribution in [3.8, 4) is 6.07 Å². The molecule has 2 heterocycles. The van der Waals surface area contributed by atoms with Gasteiger partial charge in [-0.3, -0.25) is 0 Å². The Bertz CT molecular complexity index is 440. The zero-order chi connectivity index (χ0) is 13.5. The molecule has 0 saturated carbocycles. The first kappa shape index (κ1) is 14.7. The molecule has 0 amide bonds. The summed E-state index contributed by atoms with van der Waals surface area (Å²) < 4.78 is 0.458. The van der Waals surface area contributed by atoms with Gasteiger partial charge in [0.05, 0.1) is 28.0 Å². The maximum Gasteiger partial charge on any atom is 0.139 e. The fourth-order valence-electron chi connectivity index (χ4n) is 1.44. The number of rotatable bonds is 0. The molecular formula is C11H16BrN5O. The largest absolute Gasteiger partial charge is 0.396 e. The Morgan fingerprint density at radius 2 is 2.06 bits per heavy atom. The molecule has 6 N–H and O–H groups in total. The number of pyridine rings is 1. The molecule has 1 fully saturated rings. The van der Waals surface area contributed by atoms with Gasteiger partial charge in [0.25, 0.3) is 0 Å². The summed E-state index contributed by atoms with van der Waals surface area (Å²) in [6.07, 6.45) is 3.19. The van der Waals surface area contributed by atoms with Gasteiger partial charge in [-0.05, 0) is 41.9 Å². The van der Waals surface area contributed by atoms with Gasteiger partial charge in [0.1, 0.15) is 11.9 Å². The summed E-state index contributed by atoms with van der Waals surface area (Å²) in [6, 6.07) is 1.91. The highest BCUT2D eigenvalue weighted by molar-refractivity contribution is 9.10. The Hall–Kier alpha value is -1.36. The van der Waals surface area contributed by atoms with Gasteiger partial charge in [-0.15, -0.1) is 0 Å². The number of nitriles is 1. The Labute approximate surface area is 114 Å². The topological polar surface area (TPSA) is 121 Å². The van der Waals surface area contributed by atoms with Crippen LogP contribution in [0.15, 0.2) is 10.7 Å². The molecule has 1 aliphatic heterocycles. The minimum Gasteiger partial charge on any atom is -0.396 e. The zero-order valence-electron chi connectivity index (χ0n) is 9.86. The Balaban J connectivity index is 0.000000199. The van der Waals surface area contributed by atoms with E-state index in [1.54, 1.807) is 0 Å². The van der Waals surface area contributed by atoms with Crippen LogP contribution in [0.25, 0.3) is 0 Å². The summed E-state index contributed by atoms with van der Waals surface area (Å²) in [5.74, 6) is 0.274. The number of aliphatic hydroxyl groups excluding tert-OH is 1. The number of halogens is 1. The van der Waals surface area contributed by atoms with Gasteiger partial charge < -0.3 is 21.9 Å². The van der Waals surface area contributed by atoms with Crippen molar-refractivity contribution in [1.82, 2.24) is 10.3 Å². The van der Waals surface area contributed by atoms with Gasteiger partial charge >= 0.3 is 0 Å². The van der Waals surface area contributed by atoms with Crippen molar-refractivity contribution in [3.63, 3.8) is 0 Å². The number of nitrogens with two attached hydrogens (primary N) is 2. The molecule has 98 valence electrons. The highest BCUT2D eigenvalue weighted by Gasteiger charge is 2.07. The van der Waals surface area contributed by atoms with E-state index >= 15 is 0 Å². The van der Waals surface area contributed by atoms with E-state index in [9.17, 15) is 0 Å². The predicted octanol–water partition coefficient (Wildman–Crippen LogP) is 0.611. The van der Waals surface area contributed by atoms with Crippen molar-refractivity contribution in [2.45, 2.75) is 18.9 Å². The molecule has 6 nitrogen and oxygen atoms in total. The summed E-state index contributed by atoms with van der Waals surface area (Å²) in [7, 11) is 0. The third kappa shape index (κ3) is 4.14. The Morgan fingerprint density at radius 3 is 2.44 bits per heavy atom. The minimum atomic E-state index is -0.0266. The molecule has 0 aromatic carbocycles. The summed E-state index contributed by atoms with van der Waals surface area (Å²) >= 11 is 3.10. The van der Waals surface area contributed by atoms with E-state index in [0.29, 0.717) is 15.7 Å². The van der Waals surface area contributed by atoms with Gasteiger partial charge in [-0.2, -0.15) is 5.26 Å². The molecule has 0 bridgehead atoms. The van der Waals surface area contributed by atoms with E-state index in [0.717, 1.165) is 25.9 Å². The second-order valence-electron chi connectivity index (χ2n) is 3.88. The van der Waals surface area contributed by atoms with Crippen LogP contribution in [0, 0.1) is 11.3 Å². The van der Waals surface area contributed by atoms with Crippen LogP contribution in [0.3, 0.4) is 0 Å².